The van der Waals surface area contributed by atoms with Gasteiger partial charge in [0.15, 0.2) is 0 Å². The Bertz CT molecular complexity index is 1040. The molecule has 2 aromatic heterocycles. The van der Waals surface area contributed by atoms with Crippen LogP contribution in [0.15, 0.2) is 53.3 Å². The predicted octanol–water partition coefficient (Wildman–Crippen LogP) is 3.65. The van der Waals surface area contributed by atoms with E-state index in [0.29, 0.717) is 28.2 Å². The first-order valence-corrected chi connectivity index (χ1v) is 8.68. The molecule has 0 N–H and O–H groups in total. The van der Waals surface area contributed by atoms with Gasteiger partial charge < -0.3 is 4.74 Å². The summed E-state index contributed by atoms with van der Waals surface area (Å²) < 4.78 is 6.30. The van der Waals surface area contributed by atoms with Crippen molar-refractivity contribution in [2.45, 2.75) is 26.8 Å². The molecule has 3 aromatic rings. The van der Waals surface area contributed by atoms with Gasteiger partial charge in [0, 0.05) is 17.2 Å². The van der Waals surface area contributed by atoms with Gasteiger partial charge in [-0.15, -0.1) is 0 Å². The Morgan fingerprint density at radius 1 is 1.11 bits per heavy atom. The quantitative estimate of drug-likeness (QED) is 0.662. The molecule has 0 aliphatic rings. The number of rotatable bonds is 4. The average Bonchev–Trinajstić information content (AvgIpc) is 2.68. The van der Waals surface area contributed by atoms with Crippen LogP contribution in [0.1, 0.15) is 35.9 Å². The van der Waals surface area contributed by atoms with Crippen LogP contribution in [0, 0.1) is 6.92 Å². The molecule has 0 aliphatic heterocycles. The molecule has 27 heavy (non-hydrogen) atoms. The lowest BCUT2D eigenvalue weighted by molar-refractivity contribution is 0.0599. The summed E-state index contributed by atoms with van der Waals surface area (Å²) in [6.07, 6.45) is 0. The van der Waals surface area contributed by atoms with Crippen LogP contribution < -0.4 is 5.56 Å². The minimum atomic E-state index is -0.460. The van der Waals surface area contributed by atoms with E-state index in [2.05, 4.69) is 10.1 Å². The van der Waals surface area contributed by atoms with E-state index < -0.39 is 5.97 Å². The summed E-state index contributed by atoms with van der Waals surface area (Å²) in [6.45, 7) is 5.55. The number of pyridine rings is 1. The largest absolute Gasteiger partial charge is 0.465 e. The van der Waals surface area contributed by atoms with E-state index in [0.717, 1.165) is 5.56 Å². The Hall–Kier alpha value is -3.28. The van der Waals surface area contributed by atoms with Gasteiger partial charge in [-0.25, -0.2) is 9.48 Å². The van der Waals surface area contributed by atoms with Crippen molar-refractivity contribution in [2.24, 2.45) is 0 Å². The zero-order valence-corrected chi connectivity index (χ0v) is 15.8. The van der Waals surface area contributed by atoms with Crippen molar-refractivity contribution in [3.8, 4) is 22.5 Å². The number of nitrogens with zero attached hydrogens (tertiary/aromatic N) is 3. The molecule has 6 nitrogen and oxygen atoms in total. The summed E-state index contributed by atoms with van der Waals surface area (Å²) >= 11 is 0. The third kappa shape index (κ3) is 3.65. The smallest absolute Gasteiger partial charge is 0.339 e. The molecule has 0 aliphatic carbocycles. The van der Waals surface area contributed by atoms with Crippen LogP contribution in [0.3, 0.4) is 0 Å². The molecular formula is C21H21N3O3. The number of hydrogen-bond donors (Lipinski definition) is 0. The van der Waals surface area contributed by atoms with E-state index in [-0.39, 0.29) is 11.6 Å². The Labute approximate surface area is 157 Å². The van der Waals surface area contributed by atoms with Gasteiger partial charge in [-0.3, -0.25) is 9.78 Å². The van der Waals surface area contributed by atoms with Crippen molar-refractivity contribution in [2.75, 3.05) is 7.11 Å². The zero-order valence-electron chi connectivity index (χ0n) is 15.8. The topological polar surface area (TPSA) is 74.1 Å². The lowest BCUT2D eigenvalue weighted by atomic mass is 10.00. The van der Waals surface area contributed by atoms with Crippen molar-refractivity contribution in [3.05, 3.63) is 70.1 Å². The number of methoxy groups -OCH3 is 1. The Morgan fingerprint density at radius 2 is 1.81 bits per heavy atom. The number of hydrogen-bond acceptors (Lipinski definition) is 5. The third-order valence-corrected chi connectivity index (χ3v) is 4.26. The molecule has 138 valence electrons. The van der Waals surface area contributed by atoms with Gasteiger partial charge in [0.25, 0.3) is 5.56 Å². The molecule has 0 fully saturated rings. The number of esters is 1. The zero-order chi connectivity index (χ0) is 19.6. The van der Waals surface area contributed by atoms with Gasteiger partial charge >= 0.3 is 5.97 Å². The monoisotopic (exact) mass is 363 g/mol. The van der Waals surface area contributed by atoms with Gasteiger partial charge in [0.2, 0.25) is 0 Å². The second kappa shape index (κ2) is 7.53. The van der Waals surface area contributed by atoms with Crippen LogP contribution in [0.4, 0.5) is 0 Å². The molecule has 0 bridgehead atoms. The maximum atomic E-state index is 12.2. The Kier molecular flexibility index (Phi) is 5.16. The second-order valence-corrected chi connectivity index (χ2v) is 6.47. The van der Waals surface area contributed by atoms with E-state index in [4.69, 9.17) is 4.74 Å². The molecule has 0 saturated carbocycles. The SMILES string of the molecule is COC(=O)c1cc(-c2ccc(=O)n(C(C)C)n2)c(-c2ccccc2)nc1C. The number of aryl methyl sites for hydroxylation is 1. The maximum absolute atomic E-state index is 12.2. The molecule has 0 unspecified atom stereocenters. The van der Waals surface area contributed by atoms with Gasteiger partial charge in [-0.1, -0.05) is 30.3 Å². The maximum Gasteiger partial charge on any atom is 0.339 e. The average molecular weight is 363 g/mol. The summed E-state index contributed by atoms with van der Waals surface area (Å²) in [7, 11) is 1.34. The van der Waals surface area contributed by atoms with Gasteiger partial charge in [0.1, 0.15) is 0 Å². The molecule has 0 amide bonds. The van der Waals surface area contributed by atoms with Crippen LogP contribution in [-0.4, -0.2) is 27.8 Å². The van der Waals surface area contributed by atoms with Gasteiger partial charge in [-0.05, 0) is 32.9 Å². The lowest BCUT2D eigenvalue weighted by Crippen LogP contribution is -2.24. The molecule has 0 saturated heterocycles. The number of aromatic nitrogens is 3. The third-order valence-electron chi connectivity index (χ3n) is 4.26. The highest BCUT2D eigenvalue weighted by Gasteiger charge is 2.19. The van der Waals surface area contributed by atoms with E-state index >= 15 is 0 Å². The highest BCUT2D eigenvalue weighted by molar-refractivity contribution is 5.94. The minimum absolute atomic E-state index is 0.0869. The molecule has 0 radical (unpaired) electrons. The van der Waals surface area contributed by atoms with E-state index in [9.17, 15) is 9.59 Å². The fourth-order valence-electron chi connectivity index (χ4n) is 2.87. The summed E-state index contributed by atoms with van der Waals surface area (Å²) in [5.41, 5.74) is 3.60. The van der Waals surface area contributed by atoms with E-state index in [1.807, 2.05) is 44.2 Å². The van der Waals surface area contributed by atoms with Crippen LogP contribution >= 0.6 is 0 Å². The molecule has 2 heterocycles. The first-order chi connectivity index (χ1) is 12.9. The van der Waals surface area contributed by atoms with Gasteiger partial charge in [-0.2, -0.15) is 5.10 Å². The predicted molar refractivity (Wildman–Crippen MR) is 104 cm³/mol. The van der Waals surface area contributed by atoms with Crippen molar-refractivity contribution < 1.29 is 9.53 Å². The Balaban J connectivity index is 2.31. The molecule has 0 spiro atoms. The van der Waals surface area contributed by atoms with E-state index in [1.165, 1.54) is 17.9 Å². The van der Waals surface area contributed by atoms with Crippen LogP contribution in [0.2, 0.25) is 0 Å². The van der Waals surface area contributed by atoms with Gasteiger partial charge in [0.05, 0.1) is 35.8 Å². The molecule has 0 atom stereocenters. The highest BCUT2D eigenvalue weighted by Crippen LogP contribution is 2.31. The molecule has 1 aromatic carbocycles. The van der Waals surface area contributed by atoms with Crippen molar-refractivity contribution in [1.29, 1.82) is 0 Å². The van der Waals surface area contributed by atoms with Crippen LogP contribution in [-0.2, 0) is 4.74 Å². The van der Waals surface area contributed by atoms with Crippen molar-refractivity contribution in [1.82, 2.24) is 14.8 Å². The molecular weight excluding hydrogens is 342 g/mol. The molecule has 3 rings (SSSR count). The first-order valence-electron chi connectivity index (χ1n) is 8.68. The van der Waals surface area contributed by atoms with Crippen LogP contribution in [0.5, 0.6) is 0 Å². The normalized spacial score (nSPS) is 10.9. The molecule has 6 heteroatoms. The number of carbonyl (C=O) groups excluding carboxylic acids is 1. The van der Waals surface area contributed by atoms with Crippen molar-refractivity contribution >= 4 is 5.97 Å². The number of carbonyl (C=O) groups is 1. The summed E-state index contributed by atoms with van der Waals surface area (Å²) in [5.74, 6) is -0.460. The number of ether oxygens (including phenoxy) is 1. The fraction of sp³-hybridized carbons (Fsp3) is 0.238. The Morgan fingerprint density at radius 3 is 2.44 bits per heavy atom. The van der Waals surface area contributed by atoms with E-state index in [1.54, 1.807) is 19.1 Å². The van der Waals surface area contributed by atoms with Crippen molar-refractivity contribution in [3.63, 3.8) is 0 Å². The van der Waals surface area contributed by atoms with Crippen LogP contribution in [0.25, 0.3) is 22.5 Å². The summed E-state index contributed by atoms with van der Waals surface area (Å²) in [6, 6.07) is 14.4. The highest BCUT2D eigenvalue weighted by atomic mass is 16.5. The lowest BCUT2D eigenvalue weighted by Gasteiger charge is -2.15. The number of benzene rings is 1. The summed E-state index contributed by atoms with van der Waals surface area (Å²) in [4.78, 5) is 28.9. The minimum Gasteiger partial charge on any atom is -0.465 e. The standard InChI is InChI=1S/C21H21N3O3/c1-13(2)24-19(25)11-10-18(23-24)17-12-16(21(26)27-4)14(3)22-20(17)15-8-6-5-7-9-15/h5-13H,1-4H3. The second-order valence-electron chi connectivity index (χ2n) is 6.47. The summed E-state index contributed by atoms with van der Waals surface area (Å²) in [5, 5.41) is 4.50. The first kappa shape index (κ1) is 18.5. The fourth-order valence-corrected chi connectivity index (χ4v) is 2.87.